The van der Waals surface area contributed by atoms with Gasteiger partial charge in [-0.05, 0) is 39.7 Å². The van der Waals surface area contributed by atoms with E-state index in [2.05, 4.69) is 25.7 Å². The molecule has 0 aliphatic carbocycles. The first-order chi connectivity index (χ1) is 5.61. The van der Waals surface area contributed by atoms with Gasteiger partial charge in [-0.15, -0.1) is 0 Å². The van der Waals surface area contributed by atoms with E-state index in [0.717, 1.165) is 6.54 Å². The van der Waals surface area contributed by atoms with E-state index >= 15 is 0 Å². The second-order valence-corrected chi connectivity index (χ2v) is 4.41. The Hall–Kier alpha value is -0.0800. The number of hydrogen-bond acceptors (Lipinski definition) is 2. The molecule has 0 bridgehead atoms. The van der Waals surface area contributed by atoms with Gasteiger partial charge in [-0.1, -0.05) is 6.92 Å². The van der Waals surface area contributed by atoms with Crippen LogP contribution in [0.3, 0.4) is 0 Å². The van der Waals surface area contributed by atoms with Crippen LogP contribution in [-0.4, -0.2) is 29.6 Å². The van der Waals surface area contributed by atoms with Gasteiger partial charge in [0.1, 0.15) is 0 Å². The lowest BCUT2D eigenvalue weighted by Crippen LogP contribution is -2.48. The van der Waals surface area contributed by atoms with Crippen LogP contribution < -0.4 is 5.73 Å². The van der Waals surface area contributed by atoms with Crippen molar-refractivity contribution in [2.24, 2.45) is 5.73 Å². The molecule has 1 unspecified atom stereocenters. The van der Waals surface area contributed by atoms with Crippen LogP contribution in [-0.2, 0) is 0 Å². The van der Waals surface area contributed by atoms with Crippen LogP contribution in [0.15, 0.2) is 0 Å². The van der Waals surface area contributed by atoms with Crippen LogP contribution in [0, 0.1) is 0 Å². The summed E-state index contributed by atoms with van der Waals surface area (Å²) in [4.78, 5) is 2.58. The summed E-state index contributed by atoms with van der Waals surface area (Å²) in [6.07, 6.45) is 3.84. The highest BCUT2D eigenvalue weighted by Crippen LogP contribution is 2.30. The summed E-state index contributed by atoms with van der Waals surface area (Å²) >= 11 is 0. The Bertz CT molecular complexity index is 139. The molecule has 0 amide bonds. The molecule has 1 fully saturated rings. The minimum Gasteiger partial charge on any atom is -0.329 e. The molecule has 0 spiro atoms. The molecule has 1 aliphatic heterocycles. The van der Waals surface area contributed by atoms with Crippen LogP contribution in [0.1, 0.15) is 40.0 Å². The highest BCUT2D eigenvalue weighted by molar-refractivity contribution is 4.91. The zero-order chi connectivity index (χ0) is 9.19. The van der Waals surface area contributed by atoms with Gasteiger partial charge < -0.3 is 5.73 Å². The second kappa shape index (κ2) is 3.75. The average molecular weight is 170 g/mol. The maximum atomic E-state index is 5.74. The number of rotatable bonds is 3. The SMILES string of the molecule is CCC(CN)N1CCCC1(C)C. The highest BCUT2D eigenvalue weighted by atomic mass is 15.2. The number of hydrogen-bond donors (Lipinski definition) is 1. The summed E-state index contributed by atoms with van der Waals surface area (Å²) in [5.74, 6) is 0. The molecule has 0 aromatic carbocycles. The van der Waals surface area contributed by atoms with Crippen molar-refractivity contribution in [3.05, 3.63) is 0 Å². The molecule has 72 valence electrons. The van der Waals surface area contributed by atoms with Crippen molar-refractivity contribution >= 4 is 0 Å². The molecule has 0 aromatic rings. The molecule has 1 saturated heterocycles. The van der Waals surface area contributed by atoms with Gasteiger partial charge in [0.05, 0.1) is 0 Å². The van der Waals surface area contributed by atoms with Crippen molar-refractivity contribution in [3.63, 3.8) is 0 Å². The van der Waals surface area contributed by atoms with E-state index in [-0.39, 0.29) is 0 Å². The summed E-state index contributed by atoms with van der Waals surface area (Å²) in [7, 11) is 0. The lowest BCUT2D eigenvalue weighted by molar-refractivity contribution is 0.116. The van der Waals surface area contributed by atoms with Crippen molar-refractivity contribution < 1.29 is 0 Å². The third kappa shape index (κ3) is 1.80. The van der Waals surface area contributed by atoms with Gasteiger partial charge in [0.25, 0.3) is 0 Å². The van der Waals surface area contributed by atoms with Crippen molar-refractivity contribution in [1.82, 2.24) is 4.90 Å². The van der Waals surface area contributed by atoms with Gasteiger partial charge in [-0.2, -0.15) is 0 Å². The fourth-order valence-electron chi connectivity index (χ4n) is 2.32. The predicted molar refractivity (Wildman–Crippen MR) is 53.2 cm³/mol. The number of likely N-dealkylation sites (tertiary alicyclic amines) is 1. The van der Waals surface area contributed by atoms with Crippen LogP contribution in [0.4, 0.5) is 0 Å². The molecule has 2 nitrogen and oxygen atoms in total. The van der Waals surface area contributed by atoms with Crippen LogP contribution in [0.5, 0.6) is 0 Å². The van der Waals surface area contributed by atoms with E-state index in [1.807, 2.05) is 0 Å². The first-order valence-electron chi connectivity index (χ1n) is 5.08. The molecular weight excluding hydrogens is 148 g/mol. The Morgan fingerprint density at radius 2 is 2.17 bits per heavy atom. The Labute approximate surface area is 76.1 Å². The maximum absolute atomic E-state index is 5.74. The van der Waals surface area contributed by atoms with Gasteiger partial charge in [-0.3, -0.25) is 4.90 Å². The minimum atomic E-state index is 0.389. The fourth-order valence-corrected chi connectivity index (χ4v) is 2.32. The Morgan fingerprint density at radius 3 is 2.50 bits per heavy atom. The smallest absolute Gasteiger partial charge is 0.0221 e. The zero-order valence-corrected chi connectivity index (χ0v) is 8.64. The van der Waals surface area contributed by atoms with Crippen molar-refractivity contribution in [2.75, 3.05) is 13.1 Å². The largest absolute Gasteiger partial charge is 0.329 e. The summed E-state index contributed by atoms with van der Waals surface area (Å²) < 4.78 is 0. The molecule has 12 heavy (non-hydrogen) atoms. The molecule has 2 N–H and O–H groups in total. The molecule has 0 aromatic heterocycles. The van der Waals surface area contributed by atoms with Gasteiger partial charge >= 0.3 is 0 Å². The summed E-state index contributed by atoms with van der Waals surface area (Å²) in [6, 6.07) is 0.600. The van der Waals surface area contributed by atoms with Crippen molar-refractivity contribution in [3.8, 4) is 0 Å². The van der Waals surface area contributed by atoms with E-state index < -0.39 is 0 Å². The molecule has 0 saturated carbocycles. The minimum absolute atomic E-state index is 0.389. The van der Waals surface area contributed by atoms with Gasteiger partial charge in [0, 0.05) is 18.1 Å². The lowest BCUT2D eigenvalue weighted by Gasteiger charge is -2.37. The Morgan fingerprint density at radius 1 is 1.50 bits per heavy atom. The van der Waals surface area contributed by atoms with E-state index in [9.17, 15) is 0 Å². The van der Waals surface area contributed by atoms with E-state index in [0.29, 0.717) is 11.6 Å². The molecule has 2 heteroatoms. The summed E-state index contributed by atoms with van der Waals surface area (Å²) in [5.41, 5.74) is 6.13. The number of nitrogens with two attached hydrogens (primary N) is 1. The van der Waals surface area contributed by atoms with E-state index in [1.54, 1.807) is 0 Å². The highest BCUT2D eigenvalue weighted by Gasteiger charge is 2.35. The van der Waals surface area contributed by atoms with Gasteiger partial charge in [0.15, 0.2) is 0 Å². The van der Waals surface area contributed by atoms with Crippen molar-refractivity contribution in [1.29, 1.82) is 0 Å². The molecule has 1 atom stereocenters. The quantitative estimate of drug-likeness (QED) is 0.697. The molecule has 1 aliphatic rings. The van der Waals surface area contributed by atoms with E-state index in [1.165, 1.54) is 25.8 Å². The maximum Gasteiger partial charge on any atom is 0.0221 e. The molecule has 1 rings (SSSR count). The van der Waals surface area contributed by atoms with Gasteiger partial charge in [-0.25, -0.2) is 0 Å². The third-order valence-electron chi connectivity index (χ3n) is 3.15. The first kappa shape index (κ1) is 10.0. The van der Waals surface area contributed by atoms with Crippen LogP contribution >= 0.6 is 0 Å². The molecular formula is C10H22N2. The predicted octanol–water partition coefficient (Wildman–Crippen LogP) is 1.60. The summed E-state index contributed by atoms with van der Waals surface area (Å²) in [5, 5.41) is 0. The van der Waals surface area contributed by atoms with E-state index in [4.69, 9.17) is 5.73 Å². The topological polar surface area (TPSA) is 29.3 Å². The Kier molecular flexibility index (Phi) is 3.13. The second-order valence-electron chi connectivity index (χ2n) is 4.41. The third-order valence-corrected chi connectivity index (χ3v) is 3.15. The molecule has 0 radical (unpaired) electrons. The summed E-state index contributed by atoms with van der Waals surface area (Å²) in [6.45, 7) is 8.94. The molecule has 1 heterocycles. The zero-order valence-electron chi connectivity index (χ0n) is 8.64. The number of nitrogens with zero attached hydrogens (tertiary/aromatic N) is 1. The first-order valence-corrected chi connectivity index (χ1v) is 5.08. The van der Waals surface area contributed by atoms with Gasteiger partial charge in [0.2, 0.25) is 0 Å². The lowest BCUT2D eigenvalue weighted by atomic mass is 10.00. The monoisotopic (exact) mass is 170 g/mol. The standard InChI is InChI=1S/C10H22N2/c1-4-9(8-11)12-7-5-6-10(12,2)3/h9H,4-8,11H2,1-3H3. The Balaban J connectivity index is 2.60. The van der Waals surface area contributed by atoms with Crippen LogP contribution in [0.2, 0.25) is 0 Å². The fraction of sp³-hybridized carbons (Fsp3) is 1.00. The average Bonchev–Trinajstić information content (AvgIpc) is 2.34. The van der Waals surface area contributed by atoms with Crippen LogP contribution in [0.25, 0.3) is 0 Å². The van der Waals surface area contributed by atoms with Crippen molar-refractivity contribution in [2.45, 2.75) is 51.6 Å². The normalized spacial score (nSPS) is 26.0.